The van der Waals surface area contributed by atoms with Crippen LogP contribution in [0.5, 0.6) is 0 Å². The second-order valence-corrected chi connectivity index (χ2v) is 17.8. The third kappa shape index (κ3) is 14.2. The summed E-state index contributed by atoms with van der Waals surface area (Å²) in [5.41, 5.74) is -0.377. The van der Waals surface area contributed by atoms with E-state index in [1.54, 1.807) is 13.8 Å². The molecule has 4 N–H and O–H groups in total. The molecular weight excluding hydrogens is 846 g/mol. The molecule has 3 rings (SSSR count). The number of fused-ring (bicyclic) bond motifs is 1. The molecule has 0 spiro atoms. The minimum atomic E-state index is -4.68. The molecular formula is C29H46IN6O12PS2. The topological polar surface area (TPSA) is 232 Å². The van der Waals surface area contributed by atoms with E-state index in [-0.39, 0.29) is 31.1 Å². The number of aliphatic hydroxyl groups excluding tert-OH is 1. The number of phosphoric ester groups is 1. The quantitative estimate of drug-likeness (QED) is 0.0331. The third-order valence-electron chi connectivity index (χ3n) is 7.05. The Morgan fingerprint density at radius 2 is 1.67 bits per heavy atom. The molecule has 3 heterocycles. The Balaban J connectivity index is 1.56. The van der Waals surface area contributed by atoms with Gasteiger partial charge in [-0.05, 0) is 0 Å². The predicted molar refractivity (Wildman–Crippen MR) is 198 cm³/mol. The van der Waals surface area contributed by atoms with Gasteiger partial charge in [-0.1, -0.05) is 49.3 Å². The van der Waals surface area contributed by atoms with E-state index in [0.29, 0.717) is 48.1 Å². The monoisotopic (exact) mass is 892 g/mol. The molecule has 1 aliphatic rings. The summed E-state index contributed by atoms with van der Waals surface area (Å²) in [6.07, 6.45) is -1.64. The number of hydrogen-bond acceptors (Lipinski definition) is 17. The highest BCUT2D eigenvalue weighted by Crippen LogP contribution is 2.46. The summed E-state index contributed by atoms with van der Waals surface area (Å²) in [6, 6.07) is 0. The molecule has 288 valence electrons. The number of imidazole rings is 1. The summed E-state index contributed by atoms with van der Waals surface area (Å²) in [5, 5.41) is 11.7. The fourth-order valence-electron chi connectivity index (χ4n) is 4.70. The number of rotatable bonds is 22. The molecule has 0 radical (unpaired) electrons. The van der Waals surface area contributed by atoms with E-state index in [4.69, 9.17) is 33.1 Å². The highest BCUT2D eigenvalue weighted by atomic mass is 127. The lowest BCUT2D eigenvalue weighted by Crippen LogP contribution is -2.40. The summed E-state index contributed by atoms with van der Waals surface area (Å²) >= 11 is 1.90. The molecule has 1 saturated heterocycles. The van der Waals surface area contributed by atoms with Crippen LogP contribution in [-0.4, -0.2) is 117 Å². The number of amides is 1. The van der Waals surface area contributed by atoms with Crippen LogP contribution in [0.4, 0.5) is 5.82 Å². The van der Waals surface area contributed by atoms with Gasteiger partial charge < -0.3 is 37.8 Å². The maximum absolute atomic E-state index is 13.0. The molecule has 18 nitrogen and oxygen atoms in total. The van der Waals surface area contributed by atoms with Crippen molar-refractivity contribution in [3.63, 3.8) is 0 Å². The lowest BCUT2D eigenvalue weighted by molar-refractivity contribution is -0.165. The van der Waals surface area contributed by atoms with Crippen molar-refractivity contribution in [3.05, 3.63) is 12.7 Å². The summed E-state index contributed by atoms with van der Waals surface area (Å²) in [5.74, 6) is 0.225. The number of nitrogens with zero attached hydrogens (tertiary/aromatic N) is 4. The SMILES string of the molecule is CC(=O)O[C@@H]1[C@H](OC(C)=O)[C@@H](COP(=O)(O)OCC(C)(C)COCC(C)(C)CNC(=O)CCSSCCO)O[C@H]1n1cnc2c(NI)ncnc21. The minimum absolute atomic E-state index is 0.0696. The number of phosphoric acid groups is 1. The molecule has 0 aliphatic carbocycles. The molecule has 1 fully saturated rings. The van der Waals surface area contributed by atoms with E-state index in [2.05, 4.69) is 23.8 Å². The van der Waals surface area contributed by atoms with Gasteiger partial charge in [0.15, 0.2) is 35.4 Å². The number of carbonyl (C=O) groups excluding carboxylic acids is 3. The van der Waals surface area contributed by atoms with Gasteiger partial charge >= 0.3 is 19.8 Å². The average molecular weight is 893 g/mol. The van der Waals surface area contributed by atoms with Crippen LogP contribution in [0.2, 0.25) is 0 Å². The maximum atomic E-state index is 13.0. The summed E-state index contributed by atoms with van der Waals surface area (Å²) in [7, 11) is -1.62. The normalized spacial score (nSPS) is 20.6. The first-order valence-corrected chi connectivity index (χ1v) is 20.9. The van der Waals surface area contributed by atoms with Crippen LogP contribution in [0.3, 0.4) is 0 Å². The molecule has 1 aliphatic heterocycles. The van der Waals surface area contributed by atoms with Gasteiger partial charge in [0.2, 0.25) is 5.91 Å². The number of nitrogens with one attached hydrogen (secondary N) is 2. The fourth-order valence-corrected chi connectivity index (χ4v) is 7.77. The van der Waals surface area contributed by atoms with Crippen LogP contribution in [0.25, 0.3) is 11.2 Å². The number of ether oxygens (including phenoxy) is 4. The fraction of sp³-hybridized carbons (Fsp3) is 0.724. The van der Waals surface area contributed by atoms with E-state index in [9.17, 15) is 23.8 Å². The Bertz CT molecular complexity index is 1520. The second-order valence-electron chi connectivity index (χ2n) is 13.1. The number of aromatic nitrogens is 4. The Morgan fingerprint density at radius 3 is 2.33 bits per heavy atom. The van der Waals surface area contributed by atoms with E-state index in [0.717, 1.165) is 6.92 Å². The predicted octanol–water partition coefficient (Wildman–Crippen LogP) is 3.43. The van der Waals surface area contributed by atoms with Gasteiger partial charge in [-0.3, -0.25) is 28.0 Å². The van der Waals surface area contributed by atoms with Crippen molar-refractivity contribution in [2.24, 2.45) is 10.8 Å². The van der Waals surface area contributed by atoms with Crippen molar-refractivity contribution in [1.82, 2.24) is 24.8 Å². The number of hydrogen-bond donors (Lipinski definition) is 4. The standard InChI is InChI=1S/C29H46IN6O12PS2/c1-18(38)46-23-20(48-27(24(23)47-19(2)39)36-17-34-22-25(35-30)32-16-33-26(22)36)11-44-49(41,42)45-15-29(5,6)14-43-13-28(3,4)12-31-21(40)7-9-50-51-10-8-37/h16-17,20,23-24,27,37H,7-15H2,1-6H3,(H,31,40)(H,41,42)(H,32,33,35)/t20-,23-,24-,27-/m1/s1. The van der Waals surface area contributed by atoms with Gasteiger partial charge in [0.25, 0.3) is 0 Å². The number of carbonyl (C=O) groups is 3. The number of aliphatic hydroxyl groups is 1. The lowest BCUT2D eigenvalue weighted by Gasteiger charge is -2.29. The van der Waals surface area contributed by atoms with Crippen molar-refractivity contribution in [1.29, 1.82) is 0 Å². The molecule has 2 aromatic heterocycles. The Hall–Kier alpha value is -1.82. The van der Waals surface area contributed by atoms with E-state index >= 15 is 0 Å². The molecule has 22 heteroatoms. The average Bonchev–Trinajstić information content (AvgIpc) is 3.62. The van der Waals surface area contributed by atoms with E-state index in [1.807, 2.05) is 36.7 Å². The van der Waals surface area contributed by atoms with Gasteiger partial charge in [-0.2, -0.15) is 0 Å². The zero-order chi connectivity index (χ0) is 37.8. The van der Waals surface area contributed by atoms with Gasteiger partial charge in [0, 0.05) is 49.1 Å². The van der Waals surface area contributed by atoms with Crippen LogP contribution in [-0.2, 0) is 46.9 Å². The van der Waals surface area contributed by atoms with Crippen molar-refractivity contribution in [2.75, 3.05) is 54.6 Å². The number of halogens is 1. The molecule has 5 atom stereocenters. The molecule has 1 amide bonds. The molecule has 0 saturated carbocycles. The molecule has 1 unspecified atom stereocenters. The van der Waals surface area contributed by atoms with Gasteiger partial charge in [-0.15, -0.1) is 0 Å². The van der Waals surface area contributed by atoms with Gasteiger partial charge in [-0.25, -0.2) is 19.5 Å². The molecule has 0 aromatic carbocycles. The van der Waals surface area contributed by atoms with Crippen LogP contribution in [0.15, 0.2) is 12.7 Å². The molecule has 0 bridgehead atoms. The lowest BCUT2D eigenvalue weighted by atomic mass is 9.93. The first-order chi connectivity index (χ1) is 24.0. The van der Waals surface area contributed by atoms with Crippen LogP contribution in [0, 0.1) is 10.8 Å². The van der Waals surface area contributed by atoms with Crippen LogP contribution >= 0.6 is 52.3 Å². The van der Waals surface area contributed by atoms with E-state index < -0.39 is 56.3 Å². The molecule has 2 aromatic rings. The largest absolute Gasteiger partial charge is 0.472 e. The smallest absolute Gasteiger partial charge is 0.456 e. The minimum Gasteiger partial charge on any atom is -0.456 e. The third-order valence-corrected chi connectivity index (χ3v) is 10.9. The molecule has 51 heavy (non-hydrogen) atoms. The maximum Gasteiger partial charge on any atom is 0.472 e. The summed E-state index contributed by atoms with van der Waals surface area (Å²) in [6.45, 7) is 10.0. The van der Waals surface area contributed by atoms with Crippen molar-refractivity contribution in [2.45, 2.75) is 72.5 Å². The van der Waals surface area contributed by atoms with Crippen molar-refractivity contribution < 1.29 is 56.9 Å². The summed E-state index contributed by atoms with van der Waals surface area (Å²) in [4.78, 5) is 59.7. The van der Waals surface area contributed by atoms with Crippen molar-refractivity contribution >= 4 is 87.1 Å². The number of esters is 2. The Kier molecular flexibility index (Phi) is 17.1. The summed E-state index contributed by atoms with van der Waals surface area (Å²) < 4.78 is 51.0. The highest BCUT2D eigenvalue weighted by Gasteiger charge is 2.51. The van der Waals surface area contributed by atoms with Crippen LogP contribution in [0.1, 0.15) is 54.2 Å². The first kappa shape index (κ1) is 43.6. The van der Waals surface area contributed by atoms with E-state index in [1.165, 1.54) is 45.7 Å². The zero-order valence-corrected chi connectivity index (χ0v) is 33.9. The highest BCUT2D eigenvalue weighted by molar-refractivity contribution is 14.1. The second kappa shape index (κ2) is 20.0. The zero-order valence-electron chi connectivity index (χ0n) is 29.2. The van der Waals surface area contributed by atoms with Gasteiger partial charge in [0.1, 0.15) is 12.4 Å². The van der Waals surface area contributed by atoms with Gasteiger partial charge in [0.05, 0.1) is 62.2 Å². The number of anilines is 1. The van der Waals surface area contributed by atoms with Crippen LogP contribution < -0.4 is 8.85 Å². The Labute approximate surface area is 318 Å². The Morgan fingerprint density at radius 1 is 1.00 bits per heavy atom. The first-order valence-electron chi connectivity index (χ1n) is 15.8. The van der Waals surface area contributed by atoms with Crippen molar-refractivity contribution in [3.8, 4) is 0 Å².